The van der Waals surface area contributed by atoms with E-state index in [4.69, 9.17) is 10.5 Å². The molecule has 0 fully saturated rings. The number of carbonyl (C=O) groups excluding carboxylic acids is 2. The lowest BCUT2D eigenvalue weighted by Crippen LogP contribution is -2.49. The van der Waals surface area contributed by atoms with Crippen LogP contribution in [0.3, 0.4) is 0 Å². The van der Waals surface area contributed by atoms with E-state index in [1.54, 1.807) is 6.07 Å². The summed E-state index contributed by atoms with van der Waals surface area (Å²) >= 11 is 1.47. The summed E-state index contributed by atoms with van der Waals surface area (Å²) in [6.45, 7) is 3.92. The number of thiophene rings is 1. The minimum atomic E-state index is -1.18. The van der Waals surface area contributed by atoms with Crippen LogP contribution in [-0.4, -0.2) is 46.4 Å². The van der Waals surface area contributed by atoms with Crippen LogP contribution in [0.1, 0.15) is 22.4 Å². The highest BCUT2D eigenvalue weighted by Gasteiger charge is 2.35. The van der Waals surface area contributed by atoms with Gasteiger partial charge in [0.2, 0.25) is 11.8 Å². The molecule has 2 amide bonds. The van der Waals surface area contributed by atoms with E-state index in [0.29, 0.717) is 12.2 Å². The van der Waals surface area contributed by atoms with E-state index >= 15 is 0 Å². The molecule has 5 N–H and O–H groups in total. The maximum Gasteiger partial charge on any atom is 0.247 e. The number of nitrogens with two attached hydrogens (primary N) is 1. The Morgan fingerprint density at radius 3 is 2.67 bits per heavy atom. The van der Waals surface area contributed by atoms with E-state index in [1.165, 1.54) is 17.4 Å². The van der Waals surface area contributed by atoms with E-state index in [1.807, 2.05) is 43.5 Å². The van der Waals surface area contributed by atoms with E-state index in [2.05, 4.69) is 5.32 Å². The molecule has 1 aromatic carbocycles. The number of nitrogens with one attached hydrogen (secondary N) is 1. The fourth-order valence-corrected chi connectivity index (χ4v) is 4.00. The Morgan fingerprint density at radius 2 is 2.03 bits per heavy atom. The van der Waals surface area contributed by atoms with Crippen molar-refractivity contribution in [1.82, 2.24) is 5.32 Å². The number of benzene rings is 1. The molecule has 2 aromatic rings. The Labute approximate surface area is 179 Å². The molecule has 0 aliphatic heterocycles. The number of amides is 2. The first-order valence-electron chi connectivity index (χ1n) is 9.68. The standard InChI is InChI=1S/C22H26N2O5S/c1-12-5-6-15(8-13(12)2)29-19-10-14(9-18(25)20(19)26)22(28)24-17(21(23)27)11-16-4-3-7-30-16/h3-8,10,17-20,25-26H,9,11H2,1-2H3,(H2,23,27)(H,24,28)/t17-,18+,19+,20+/m0/s1. The molecule has 1 aliphatic carbocycles. The summed E-state index contributed by atoms with van der Waals surface area (Å²) < 4.78 is 5.84. The molecule has 0 unspecified atom stereocenters. The third kappa shape index (κ3) is 5.27. The lowest BCUT2D eigenvalue weighted by Gasteiger charge is -2.31. The molecule has 0 radical (unpaired) electrons. The van der Waals surface area contributed by atoms with E-state index < -0.39 is 36.2 Å². The average molecular weight is 431 g/mol. The summed E-state index contributed by atoms with van der Waals surface area (Å²) in [7, 11) is 0. The lowest BCUT2D eigenvalue weighted by molar-refractivity contribution is -0.126. The topological polar surface area (TPSA) is 122 Å². The molecule has 1 aliphatic rings. The van der Waals surface area contributed by atoms with Crippen molar-refractivity contribution in [3.8, 4) is 5.75 Å². The van der Waals surface area contributed by atoms with Gasteiger partial charge in [0.1, 0.15) is 24.0 Å². The molecule has 30 heavy (non-hydrogen) atoms. The van der Waals surface area contributed by atoms with Crippen molar-refractivity contribution in [2.24, 2.45) is 5.73 Å². The van der Waals surface area contributed by atoms with Crippen molar-refractivity contribution in [3.63, 3.8) is 0 Å². The fraction of sp³-hybridized carbons (Fsp3) is 0.364. The van der Waals surface area contributed by atoms with Crippen LogP contribution in [0.25, 0.3) is 0 Å². The van der Waals surface area contributed by atoms with Crippen molar-refractivity contribution >= 4 is 23.2 Å². The van der Waals surface area contributed by atoms with E-state index in [-0.39, 0.29) is 12.0 Å². The first-order valence-corrected chi connectivity index (χ1v) is 10.6. The first-order chi connectivity index (χ1) is 14.2. The predicted octanol–water partition coefficient (Wildman–Crippen LogP) is 1.38. The van der Waals surface area contributed by atoms with Crippen LogP contribution >= 0.6 is 11.3 Å². The van der Waals surface area contributed by atoms with E-state index in [0.717, 1.165) is 16.0 Å². The van der Waals surface area contributed by atoms with Gasteiger partial charge in [0.15, 0.2) is 0 Å². The number of ether oxygens (including phenoxy) is 1. The zero-order chi connectivity index (χ0) is 21.8. The minimum Gasteiger partial charge on any atom is -0.484 e. The van der Waals surface area contributed by atoms with Gasteiger partial charge in [-0.2, -0.15) is 0 Å². The zero-order valence-electron chi connectivity index (χ0n) is 16.9. The highest BCUT2D eigenvalue weighted by Crippen LogP contribution is 2.25. The van der Waals surface area contributed by atoms with Gasteiger partial charge in [-0.3, -0.25) is 9.59 Å². The highest BCUT2D eigenvalue weighted by molar-refractivity contribution is 7.09. The van der Waals surface area contributed by atoms with Crippen molar-refractivity contribution in [2.45, 2.75) is 51.0 Å². The van der Waals surface area contributed by atoms with Crippen molar-refractivity contribution in [3.05, 3.63) is 63.4 Å². The molecule has 1 aromatic heterocycles. The Bertz CT molecular complexity index is 941. The molecule has 1 heterocycles. The number of aliphatic hydroxyl groups is 2. The molecule has 4 atom stereocenters. The lowest BCUT2D eigenvalue weighted by atomic mass is 9.91. The predicted molar refractivity (Wildman–Crippen MR) is 114 cm³/mol. The number of aliphatic hydroxyl groups excluding tert-OH is 2. The average Bonchev–Trinajstić information content (AvgIpc) is 3.20. The SMILES string of the molecule is Cc1ccc(O[C@@H]2C=C(C(=O)N[C@@H](Cc3cccs3)C(N)=O)C[C@@H](O)[C@H]2O)cc1C. The second kappa shape index (κ2) is 9.42. The molecule has 160 valence electrons. The number of primary amides is 1. The van der Waals surface area contributed by atoms with Gasteiger partial charge in [-0.05, 0) is 54.6 Å². The molecule has 0 bridgehead atoms. The van der Waals surface area contributed by atoms with Gasteiger partial charge in [-0.1, -0.05) is 12.1 Å². The monoisotopic (exact) mass is 430 g/mol. The molecular formula is C22H26N2O5S. The van der Waals surface area contributed by atoms with Gasteiger partial charge in [0, 0.05) is 23.3 Å². The van der Waals surface area contributed by atoms with Crippen LogP contribution in [0.2, 0.25) is 0 Å². The van der Waals surface area contributed by atoms with Crippen molar-refractivity contribution in [1.29, 1.82) is 0 Å². The molecule has 3 rings (SSSR count). The van der Waals surface area contributed by atoms with E-state index in [9.17, 15) is 19.8 Å². The molecule has 7 nitrogen and oxygen atoms in total. The zero-order valence-corrected chi connectivity index (χ0v) is 17.7. The third-order valence-corrected chi connectivity index (χ3v) is 6.10. The quantitative estimate of drug-likeness (QED) is 0.529. The summed E-state index contributed by atoms with van der Waals surface area (Å²) in [6.07, 6.45) is -1.52. The molecule has 0 spiro atoms. The Morgan fingerprint density at radius 1 is 1.27 bits per heavy atom. The van der Waals surface area contributed by atoms with Crippen LogP contribution in [0.5, 0.6) is 5.75 Å². The van der Waals surface area contributed by atoms with Gasteiger partial charge in [0.05, 0.1) is 6.10 Å². The maximum absolute atomic E-state index is 12.8. The van der Waals surface area contributed by atoms with Gasteiger partial charge >= 0.3 is 0 Å². The van der Waals surface area contributed by atoms with Gasteiger partial charge in [0.25, 0.3) is 0 Å². The minimum absolute atomic E-state index is 0.0513. The van der Waals surface area contributed by atoms with Gasteiger partial charge in [-0.25, -0.2) is 0 Å². The van der Waals surface area contributed by atoms with Crippen LogP contribution in [0.4, 0.5) is 0 Å². The largest absolute Gasteiger partial charge is 0.484 e. The molecule has 0 saturated carbocycles. The van der Waals surface area contributed by atoms with Crippen molar-refractivity contribution in [2.75, 3.05) is 0 Å². The second-order valence-electron chi connectivity index (χ2n) is 7.49. The van der Waals surface area contributed by atoms with Crippen LogP contribution in [-0.2, 0) is 16.0 Å². The Balaban J connectivity index is 1.75. The summed E-state index contributed by atoms with van der Waals surface area (Å²) in [5.74, 6) is -0.633. The number of hydrogen-bond donors (Lipinski definition) is 4. The van der Waals surface area contributed by atoms with Crippen LogP contribution < -0.4 is 15.8 Å². The Kier molecular flexibility index (Phi) is 6.91. The molecular weight excluding hydrogens is 404 g/mol. The van der Waals surface area contributed by atoms with Crippen LogP contribution in [0, 0.1) is 13.8 Å². The van der Waals surface area contributed by atoms with Gasteiger partial charge in [-0.15, -0.1) is 11.3 Å². The molecule has 8 heteroatoms. The fourth-order valence-electron chi connectivity index (χ4n) is 3.25. The number of hydrogen-bond acceptors (Lipinski definition) is 6. The summed E-state index contributed by atoms with van der Waals surface area (Å²) in [5, 5.41) is 25.1. The van der Waals surface area contributed by atoms with Crippen molar-refractivity contribution < 1.29 is 24.5 Å². The second-order valence-corrected chi connectivity index (χ2v) is 8.53. The third-order valence-electron chi connectivity index (χ3n) is 5.20. The number of carbonyl (C=O) groups is 2. The number of aryl methyl sites for hydroxylation is 2. The maximum atomic E-state index is 12.8. The number of rotatable bonds is 7. The summed E-state index contributed by atoms with van der Waals surface area (Å²) in [4.78, 5) is 25.5. The highest BCUT2D eigenvalue weighted by atomic mass is 32.1. The Hall–Kier alpha value is -2.68. The smallest absolute Gasteiger partial charge is 0.247 e. The molecule has 0 saturated heterocycles. The summed E-state index contributed by atoms with van der Waals surface area (Å²) in [6, 6.07) is 8.35. The van der Waals surface area contributed by atoms with Crippen LogP contribution in [0.15, 0.2) is 47.4 Å². The normalized spacial score (nSPS) is 22.1. The van der Waals surface area contributed by atoms with Gasteiger partial charge < -0.3 is 26.0 Å². The summed E-state index contributed by atoms with van der Waals surface area (Å²) in [5.41, 5.74) is 7.82. The first kappa shape index (κ1) is 22.0.